The molecule has 1 saturated heterocycles. The minimum atomic E-state index is -4.58. The largest absolute Gasteiger partial charge is 0.453 e. The quantitative estimate of drug-likeness (QED) is 0.866. The van der Waals surface area contributed by atoms with Crippen LogP contribution in [-0.4, -0.2) is 45.4 Å². The van der Waals surface area contributed by atoms with E-state index >= 15 is 0 Å². The molecular formula is C14H18F3N5O. The number of piperidine rings is 1. The third-order valence-electron chi connectivity index (χ3n) is 3.84. The van der Waals surface area contributed by atoms with E-state index in [4.69, 9.17) is 4.74 Å². The smallest absolute Gasteiger partial charge is 0.378 e. The van der Waals surface area contributed by atoms with Gasteiger partial charge in [-0.3, -0.25) is 0 Å². The van der Waals surface area contributed by atoms with Crippen molar-refractivity contribution in [1.82, 2.24) is 19.6 Å². The molecule has 3 rings (SSSR count). The lowest BCUT2D eigenvalue weighted by Gasteiger charge is -2.33. The summed E-state index contributed by atoms with van der Waals surface area (Å²) < 4.78 is 45.3. The molecule has 0 N–H and O–H groups in total. The Bertz CT molecular complexity index is 692. The van der Waals surface area contributed by atoms with Crippen molar-refractivity contribution in [1.29, 1.82) is 0 Å². The topological polar surface area (TPSA) is 55.5 Å². The third-order valence-corrected chi connectivity index (χ3v) is 3.84. The molecule has 6 nitrogen and oxygen atoms in total. The fraction of sp³-hybridized carbons (Fsp3) is 0.643. The van der Waals surface area contributed by atoms with E-state index < -0.39 is 12.0 Å². The SMILES string of the molecule is CCOC1CCN(c2cc(C)nc3nc(C(F)(F)F)nn23)CC1. The van der Waals surface area contributed by atoms with Crippen molar-refractivity contribution < 1.29 is 17.9 Å². The highest BCUT2D eigenvalue weighted by atomic mass is 19.4. The van der Waals surface area contributed by atoms with Crippen LogP contribution in [0.1, 0.15) is 31.3 Å². The number of hydrogen-bond donors (Lipinski definition) is 0. The van der Waals surface area contributed by atoms with Crippen LogP contribution in [0.25, 0.3) is 5.78 Å². The van der Waals surface area contributed by atoms with E-state index in [1.807, 2.05) is 11.8 Å². The summed E-state index contributed by atoms with van der Waals surface area (Å²) in [6.45, 7) is 5.75. The molecule has 1 aliphatic rings. The van der Waals surface area contributed by atoms with Gasteiger partial charge in [0.15, 0.2) is 0 Å². The number of alkyl halides is 3. The van der Waals surface area contributed by atoms with Crippen molar-refractivity contribution >= 4 is 11.6 Å². The third kappa shape index (κ3) is 3.24. The van der Waals surface area contributed by atoms with Gasteiger partial charge in [0.25, 0.3) is 11.6 Å². The Hall–Kier alpha value is -1.90. The standard InChI is InChI=1S/C14H18F3N5O/c1-3-23-10-4-6-21(7-5-10)11-8-9(2)18-13-19-12(14(15,16)17)20-22(11)13/h8,10H,3-7H2,1-2H3. The average molecular weight is 329 g/mol. The Labute approximate surface area is 131 Å². The molecule has 0 aliphatic carbocycles. The van der Waals surface area contributed by atoms with Crippen LogP contribution >= 0.6 is 0 Å². The van der Waals surface area contributed by atoms with Crippen LogP contribution in [0.3, 0.4) is 0 Å². The number of hydrogen-bond acceptors (Lipinski definition) is 5. The molecule has 0 saturated carbocycles. The molecule has 126 valence electrons. The predicted octanol–water partition coefficient (Wildman–Crippen LogP) is 2.46. The van der Waals surface area contributed by atoms with Gasteiger partial charge in [-0.05, 0) is 26.7 Å². The van der Waals surface area contributed by atoms with E-state index in [-0.39, 0.29) is 11.9 Å². The van der Waals surface area contributed by atoms with E-state index in [2.05, 4.69) is 15.1 Å². The van der Waals surface area contributed by atoms with Gasteiger partial charge in [-0.2, -0.15) is 22.7 Å². The number of nitrogens with zero attached hydrogens (tertiary/aromatic N) is 5. The Morgan fingerprint density at radius 1 is 1.26 bits per heavy atom. The van der Waals surface area contributed by atoms with Gasteiger partial charge in [-0.1, -0.05) is 0 Å². The molecule has 2 aromatic heterocycles. The van der Waals surface area contributed by atoms with Gasteiger partial charge in [-0.15, -0.1) is 5.10 Å². The maximum Gasteiger partial charge on any atom is 0.453 e. The van der Waals surface area contributed by atoms with Gasteiger partial charge in [0.1, 0.15) is 5.82 Å². The van der Waals surface area contributed by atoms with E-state index in [1.54, 1.807) is 13.0 Å². The molecule has 0 spiro atoms. The lowest BCUT2D eigenvalue weighted by Crippen LogP contribution is -2.38. The van der Waals surface area contributed by atoms with Gasteiger partial charge in [0.2, 0.25) is 0 Å². The van der Waals surface area contributed by atoms with Crippen molar-refractivity contribution in [2.45, 2.75) is 39.0 Å². The van der Waals surface area contributed by atoms with Crippen LogP contribution in [0.5, 0.6) is 0 Å². The lowest BCUT2D eigenvalue weighted by molar-refractivity contribution is -0.144. The second kappa shape index (κ2) is 5.95. The summed E-state index contributed by atoms with van der Waals surface area (Å²) in [5.41, 5.74) is 0.612. The Balaban J connectivity index is 1.93. The van der Waals surface area contributed by atoms with E-state index in [0.717, 1.165) is 12.8 Å². The van der Waals surface area contributed by atoms with Gasteiger partial charge >= 0.3 is 6.18 Å². The maximum atomic E-state index is 12.8. The zero-order valence-electron chi connectivity index (χ0n) is 13.0. The van der Waals surface area contributed by atoms with Gasteiger partial charge in [0, 0.05) is 31.5 Å². The van der Waals surface area contributed by atoms with Crippen molar-refractivity contribution in [3.63, 3.8) is 0 Å². The molecule has 0 unspecified atom stereocenters. The fourth-order valence-corrected chi connectivity index (χ4v) is 2.80. The zero-order chi connectivity index (χ0) is 16.6. The Morgan fingerprint density at radius 2 is 1.96 bits per heavy atom. The van der Waals surface area contributed by atoms with E-state index in [1.165, 1.54) is 4.52 Å². The molecule has 1 aliphatic heterocycles. The monoisotopic (exact) mass is 329 g/mol. The minimum Gasteiger partial charge on any atom is -0.378 e. The minimum absolute atomic E-state index is 0.0285. The van der Waals surface area contributed by atoms with E-state index in [0.29, 0.717) is 31.2 Å². The molecular weight excluding hydrogens is 311 g/mol. The molecule has 0 amide bonds. The molecule has 0 radical (unpaired) electrons. The van der Waals surface area contributed by atoms with Crippen LogP contribution in [0.4, 0.5) is 19.0 Å². The first kappa shape index (κ1) is 16.0. The van der Waals surface area contributed by atoms with Crippen molar-refractivity contribution in [2.24, 2.45) is 0 Å². The summed E-state index contributed by atoms with van der Waals surface area (Å²) >= 11 is 0. The number of ether oxygens (including phenoxy) is 1. The molecule has 0 atom stereocenters. The second-order valence-corrected chi connectivity index (χ2v) is 5.54. The zero-order valence-corrected chi connectivity index (χ0v) is 13.0. The molecule has 1 fully saturated rings. The number of aryl methyl sites for hydroxylation is 1. The number of rotatable bonds is 3. The van der Waals surface area contributed by atoms with Crippen molar-refractivity contribution in [2.75, 3.05) is 24.6 Å². The molecule has 9 heteroatoms. The molecule has 23 heavy (non-hydrogen) atoms. The van der Waals surface area contributed by atoms with Crippen LogP contribution in [0.15, 0.2) is 6.07 Å². The Morgan fingerprint density at radius 3 is 2.57 bits per heavy atom. The molecule has 0 bridgehead atoms. The Kier molecular flexibility index (Phi) is 4.13. The van der Waals surface area contributed by atoms with Gasteiger partial charge in [0.05, 0.1) is 6.10 Å². The van der Waals surface area contributed by atoms with Crippen LogP contribution < -0.4 is 4.90 Å². The summed E-state index contributed by atoms with van der Waals surface area (Å²) in [6, 6.07) is 1.74. The van der Waals surface area contributed by atoms with Crippen LogP contribution in [0, 0.1) is 6.92 Å². The lowest BCUT2D eigenvalue weighted by atomic mass is 10.1. The van der Waals surface area contributed by atoms with Gasteiger partial charge < -0.3 is 9.64 Å². The summed E-state index contributed by atoms with van der Waals surface area (Å²) in [4.78, 5) is 9.56. The number of halogens is 3. The normalized spacial score (nSPS) is 17.2. The van der Waals surface area contributed by atoms with Crippen LogP contribution in [-0.2, 0) is 10.9 Å². The summed E-state index contributed by atoms with van der Waals surface area (Å²) in [5, 5.41) is 3.60. The van der Waals surface area contributed by atoms with Gasteiger partial charge in [-0.25, -0.2) is 4.98 Å². The van der Waals surface area contributed by atoms with Crippen molar-refractivity contribution in [3.8, 4) is 0 Å². The van der Waals surface area contributed by atoms with E-state index in [9.17, 15) is 13.2 Å². The highest BCUT2D eigenvalue weighted by Gasteiger charge is 2.37. The summed E-state index contributed by atoms with van der Waals surface area (Å²) in [7, 11) is 0. The molecule has 3 heterocycles. The maximum absolute atomic E-state index is 12.8. The number of fused-ring (bicyclic) bond motifs is 1. The highest BCUT2D eigenvalue weighted by molar-refractivity contribution is 5.48. The molecule has 0 aromatic carbocycles. The number of aromatic nitrogens is 4. The number of anilines is 1. The van der Waals surface area contributed by atoms with Crippen LogP contribution in [0.2, 0.25) is 0 Å². The first-order valence-electron chi connectivity index (χ1n) is 7.56. The first-order valence-corrected chi connectivity index (χ1v) is 7.56. The highest BCUT2D eigenvalue weighted by Crippen LogP contribution is 2.28. The summed E-state index contributed by atoms with van der Waals surface area (Å²) in [6.07, 6.45) is -2.72. The predicted molar refractivity (Wildman–Crippen MR) is 77.4 cm³/mol. The fourth-order valence-electron chi connectivity index (χ4n) is 2.80. The second-order valence-electron chi connectivity index (χ2n) is 5.54. The summed E-state index contributed by atoms with van der Waals surface area (Å²) in [5.74, 6) is -0.606. The average Bonchev–Trinajstić information content (AvgIpc) is 2.91. The van der Waals surface area contributed by atoms with Crippen molar-refractivity contribution in [3.05, 3.63) is 17.6 Å². The molecule has 2 aromatic rings. The first-order chi connectivity index (χ1) is 10.9.